The fourth-order valence-electron chi connectivity index (χ4n) is 4.31. The highest BCUT2D eigenvalue weighted by Gasteiger charge is 2.36. The van der Waals surface area contributed by atoms with Crippen molar-refractivity contribution in [2.24, 2.45) is 0 Å². The second-order valence-electron chi connectivity index (χ2n) is 7.28. The average molecular weight is 330 g/mol. The maximum absolute atomic E-state index is 12.4. The van der Waals surface area contributed by atoms with Crippen LogP contribution in [0.25, 0.3) is 0 Å². The van der Waals surface area contributed by atoms with Crippen molar-refractivity contribution in [2.75, 3.05) is 19.9 Å². The molecule has 0 bridgehead atoms. The van der Waals surface area contributed by atoms with Crippen LogP contribution in [0.4, 0.5) is 0 Å². The summed E-state index contributed by atoms with van der Waals surface area (Å²) < 4.78 is 11.0. The third kappa shape index (κ3) is 2.97. The van der Waals surface area contributed by atoms with Gasteiger partial charge < -0.3 is 20.1 Å². The second kappa shape index (κ2) is 6.63. The number of amides is 1. The number of benzene rings is 1. The number of carbonyl (C=O) groups excluding carboxylic acids is 1. The van der Waals surface area contributed by atoms with E-state index in [1.165, 1.54) is 24.8 Å². The monoisotopic (exact) mass is 330 g/mol. The molecule has 2 fully saturated rings. The van der Waals surface area contributed by atoms with Crippen molar-refractivity contribution in [3.05, 3.63) is 23.8 Å². The first kappa shape index (κ1) is 15.8. The van der Waals surface area contributed by atoms with Crippen LogP contribution in [-0.2, 0) is 10.2 Å². The minimum atomic E-state index is -0.0117. The SMILES string of the molecule is O=C(NCC1(c2ccc3c(c2)OCO3)CCCCC1)C1CCCN1. The second-order valence-corrected chi connectivity index (χ2v) is 7.28. The lowest BCUT2D eigenvalue weighted by molar-refractivity contribution is -0.123. The zero-order chi connectivity index (χ0) is 16.4. The van der Waals surface area contributed by atoms with Gasteiger partial charge in [-0.1, -0.05) is 25.3 Å². The first-order valence-corrected chi connectivity index (χ1v) is 9.18. The van der Waals surface area contributed by atoms with Gasteiger partial charge in [-0.25, -0.2) is 0 Å². The highest BCUT2D eigenvalue weighted by molar-refractivity contribution is 5.82. The molecule has 5 nitrogen and oxygen atoms in total. The van der Waals surface area contributed by atoms with Crippen LogP contribution < -0.4 is 20.1 Å². The van der Waals surface area contributed by atoms with Gasteiger partial charge in [0.2, 0.25) is 12.7 Å². The number of hydrogen-bond donors (Lipinski definition) is 2. The van der Waals surface area contributed by atoms with E-state index in [0.717, 1.165) is 43.7 Å². The van der Waals surface area contributed by atoms with E-state index in [4.69, 9.17) is 9.47 Å². The van der Waals surface area contributed by atoms with E-state index >= 15 is 0 Å². The molecule has 1 aromatic carbocycles. The maximum atomic E-state index is 12.4. The Kier molecular flexibility index (Phi) is 4.35. The summed E-state index contributed by atoms with van der Waals surface area (Å²) in [5, 5.41) is 6.51. The Morgan fingerprint density at radius 2 is 2.00 bits per heavy atom. The highest BCUT2D eigenvalue weighted by atomic mass is 16.7. The van der Waals surface area contributed by atoms with Crippen molar-refractivity contribution < 1.29 is 14.3 Å². The predicted octanol–water partition coefficient (Wildman–Crippen LogP) is 2.49. The van der Waals surface area contributed by atoms with Crippen LogP contribution in [-0.4, -0.2) is 31.8 Å². The fourth-order valence-corrected chi connectivity index (χ4v) is 4.31. The van der Waals surface area contributed by atoms with Crippen LogP contribution in [0.15, 0.2) is 18.2 Å². The molecule has 24 heavy (non-hydrogen) atoms. The average Bonchev–Trinajstić information content (AvgIpc) is 3.31. The molecule has 1 aromatic rings. The van der Waals surface area contributed by atoms with Gasteiger partial charge in [-0.2, -0.15) is 0 Å². The minimum absolute atomic E-state index is 0.0117. The summed E-state index contributed by atoms with van der Waals surface area (Å²) in [7, 11) is 0. The lowest BCUT2D eigenvalue weighted by Gasteiger charge is -2.38. The number of carbonyl (C=O) groups is 1. The van der Waals surface area contributed by atoms with Crippen molar-refractivity contribution >= 4 is 5.91 Å². The Hall–Kier alpha value is -1.75. The predicted molar refractivity (Wildman–Crippen MR) is 91.4 cm³/mol. The molecule has 2 aliphatic heterocycles. The molecule has 0 spiro atoms. The minimum Gasteiger partial charge on any atom is -0.454 e. The molecule has 2 heterocycles. The van der Waals surface area contributed by atoms with E-state index in [0.29, 0.717) is 13.3 Å². The number of hydrogen-bond acceptors (Lipinski definition) is 4. The molecule has 0 aromatic heterocycles. The fraction of sp³-hybridized carbons (Fsp3) is 0.632. The van der Waals surface area contributed by atoms with E-state index < -0.39 is 0 Å². The molecule has 1 aliphatic carbocycles. The van der Waals surface area contributed by atoms with Crippen molar-refractivity contribution in [2.45, 2.75) is 56.4 Å². The van der Waals surface area contributed by atoms with Crippen molar-refractivity contribution in [3.63, 3.8) is 0 Å². The molecule has 1 saturated heterocycles. The molecule has 3 aliphatic rings. The molecular weight excluding hydrogens is 304 g/mol. The summed E-state index contributed by atoms with van der Waals surface area (Å²) in [4.78, 5) is 12.4. The maximum Gasteiger partial charge on any atom is 0.237 e. The summed E-state index contributed by atoms with van der Waals surface area (Å²) in [6.07, 6.45) is 7.98. The molecule has 0 radical (unpaired) electrons. The van der Waals surface area contributed by atoms with Crippen molar-refractivity contribution in [3.8, 4) is 11.5 Å². The van der Waals surface area contributed by atoms with Gasteiger partial charge in [0.1, 0.15) is 0 Å². The first-order chi connectivity index (χ1) is 11.8. The molecular formula is C19H26N2O3. The normalized spacial score (nSPS) is 24.8. The Labute approximate surface area is 143 Å². The molecule has 4 rings (SSSR count). The topological polar surface area (TPSA) is 59.6 Å². The standard InChI is InChI=1S/C19H26N2O3/c22-18(15-5-4-10-20-15)21-12-19(8-2-1-3-9-19)14-6-7-16-17(11-14)24-13-23-16/h6-7,11,15,20H,1-5,8-10,12-13H2,(H,21,22). The summed E-state index contributed by atoms with van der Waals surface area (Å²) in [5.74, 6) is 1.81. The van der Waals surface area contributed by atoms with Gasteiger partial charge in [-0.3, -0.25) is 4.79 Å². The molecule has 5 heteroatoms. The molecule has 2 N–H and O–H groups in total. The van der Waals surface area contributed by atoms with Crippen LogP contribution in [0.5, 0.6) is 11.5 Å². The summed E-state index contributed by atoms with van der Waals surface area (Å²) in [6, 6.07) is 6.27. The number of nitrogens with one attached hydrogen (secondary N) is 2. The summed E-state index contributed by atoms with van der Waals surface area (Å²) in [5.41, 5.74) is 1.29. The highest BCUT2D eigenvalue weighted by Crippen LogP contribution is 2.43. The van der Waals surface area contributed by atoms with Gasteiger partial charge in [0.25, 0.3) is 0 Å². The van der Waals surface area contributed by atoms with E-state index in [9.17, 15) is 4.79 Å². The van der Waals surface area contributed by atoms with Gasteiger partial charge >= 0.3 is 0 Å². The van der Waals surface area contributed by atoms with Crippen molar-refractivity contribution in [1.82, 2.24) is 10.6 Å². The Bertz CT molecular complexity index is 605. The van der Waals surface area contributed by atoms with Crippen LogP contribution in [0.3, 0.4) is 0 Å². The zero-order valence-corrected chi connectivity index (χ0v) is 14.1. The first-order valence-electron chi connectivity index (χ1n) is 9.18. The molecule has 1 amide bonds. The number of fused-ring (bicyclic) bond motifs is 1. The van der Waals surface area contributed by atoms with Gasteiger partial charge in [0.15, 0.2) is 11.5 Å². The lowest BCUT2D eigenvalue weighted by atomic mass is 9.69. The smallest absolute Gasteiger partial charge is 0.237 e. The number of ether oxygens (including phenoxy) is 2. The largest absolute Gasteiger partial charge is 0.454 e. The number of rotatable bonds is 4. The molecule has 1 unspecified atom stereocenters. The van der Waals surface area contributed by atoms with E-state index in [1.54, 1.807) is 0 Å². The van der Waals surface area contributed by atoms with E-state index in [2.05, 4.69) is 22.8 Å². The van der Waals surface area contributed by atoms with Crippen molar-refractivity contribution in [1.29, 1.82) is 0 Å². The molecule has 1 saturated carbocycles. The van der Waals surface area contributed by atoms with Gasteiger partial charge in [-0.05, 0) is 49.9 Å². The van der Waals surface area contributed by atoms with Gasteiger partial charge in [0.05, 0.1) is 6.04 Å². The lowest BCUT2D eigenvalue weighted by Crippen LogP contribution is -2.47. The summed E-state index contributed by atoms with van der Waals surface area (Å²) >= 11 is 0. The van der Waals surface area contributed by atoms with E-state index in [-0.39, 0.29) is 17.4 Å². The van der Waals surface area contributed by atoms with Crippen LogP contribution in [0.2, 0.25) is 0 Å². The van der Waals surface area contributed by atoms with Gasteiger partial charge in [-0.15, -0.1) is 0 Å². The van der Waals surface area contributed by atoms with Gasteiger partial charge in [0, 0.05) is 12.0 Å². The third-order valence-electron chi connectivity index (χ3n) is 5.77. The Morgan fingerprint density at radius 1 is 1.17 bits per heavy atom. The van der Waals surface area contributed by atoms with E-state index in [1.807, 2.05) is 6.07 Å². The molecule has 130 valence electrons. The third-order valence-corrected chi connectivity index (χ3v) is 5.77. The van der Waals surface area contributed by atoms with Crippen LogP contribution in [0.1, 0.15) is 50.5 Å². The zero-order valence-electron chi connectivity index (χ0n) is 14.1. The van der Waals surface area contributed by atoms with Crippen LogP contribution >= 0.6 is 0 Å². The Balaban J connectivity index is 1.52. The summed E-state index contributed by atoms with van der Waals surface area (Å²) in [6.45, 7) is 1.96. The Morgan fingerprint density at radius 3 is 2.79 bits per heavy atom. The van der Waals surface area contributed by atoms with Crippen LogP contribution in [0, 0.1) is 0 Å². The molecule has 1 atom stereocenters. The quantitative estimate of drug-likeness (QED) is 0.890.